The van der Waals surface area contributed by atoms with Gasteiger partial charge in [-0.15, -0.1) is 0 Å². The molecule has 0 fully saturated rings. The lowest BCUT2D eigenvalue weighted by Crippen LogP contribution is -2.25. The maximum atomic E-state index is 13.0. The van der Waals surface area contributed by atoms with Gasteiger partial charge in [0.2, 0.25) is 0 Å². The molecule has 3 aromatic rings. The van der Waals surface area contributed by atoms with Crippen molar-refractivity contribution in [2.24, 2.45) is 4.99 Å². The van der Waals surface area contributed by atoms with Crippen LogP contribution in [0.4, 0.5) is 17.1 Å². The Morgan fingerprint density at radius 2 is 1.58 bits per heavy atom. The van der Waals surface area contributed by atoms with Crippen LogP contribution in [0.15, 0.2) is 88.3 Å². The van der Waals surface area contributed by atoms with Gasteiger partial charge in [0.05, 0.1) is 11.4 Å². The first kappa shape index (κ1) is 14.8. The fourth-order valence-corrected chi connectivity index (χ4v) is 3.20. The largest absolute Gasteiger partial charge is 0.282 e. The molecule has 0 unspecified atom stereocenters. The van der Waals surface area contributed by atoms with E-state index < -0.39 is 0 Å². The molecule has 116 valence electrons. The molecule has 4 heteroatoms. The first-order valence-electron chi connectivity index (χ1n) is 7.57. The van der Waals surface area contributed by atoms with E-state index in [1.54, 1.807) is 4.90 Å². The van der Waals surface area contributed by atoms with Gasteiger partial charge in [-0.05, 0) is 36.4 Å². The molecule has 0 spiro atoms. The highest BCUT2D eigenvalue weighted by Crippen LogP contribution is 2.36. The molecule has 0 aromatic heterocycles. The number of benzene rings is 3. The van der Waals surface area contributed by atoms with E-state index in [2.05, 4.69) is 20.9 Å². The molecule has 4 rings (SSSR count). The van der Waals surface area contributed by atoms with Gasteiger partial charge < -0.3 is 0 Å². The van der Waals surface area contributed by atoms with Crippen molar-refractivity contribution in [3.63, 3.8) is 0 Å². The van der Waals surface area contributed by atoms with Gasteiger partial charge in [0.25, 0.3) is 5.91 Å². The number of carbonyl (C=O) groups excluding carboxylic acids is 1. The number of amides is 1. The normalized spacial score (nSPS) is 15.0. The molecule has 0 bridgehead atoms. The molecule has 1 heterocycles. The predicted molar refractivity (Wildman–Crippen MR) is 100 cm³/mol. The second-order valence-corrected chi connectivity index (χ2v) is 6.35. The molecule has 1 aliphatic rings. The third kappa shape index (κ3) is 2.55. The van der Waals surface area contributed by atoms with E-state index in [0.717, 1.165) is 27.1 Å². The van der Waals surface area contributed by atoms with E-state index in [0.29, 0.717) is 5.71 Å². The van der Waals surface area contributed by atoms with Crippen molar-refractivity contribution in [1.82, 2.24) is 0 Å². The summed E-state index contributed by atoms with van der Waals surface area (Å²) in [6.07, 6.45) is 0. The molecular weight excluding hydrogens is 364 g/mol. The Labute approximate surface area is 148 Å². The number of anilines is 2. The van der Waals surface area contributed by atoms with Crippen molar-refractivity contribution in [2.75, 3.05) is 4.90 Å². The Kier molecular flexibility index (Phi) is 3.75. The number of fused-ring (bicyclic) bond motifs is 1. The lowest BCUT2D eigenvalue weighted by molar-refractivity contribution is -0.111. The summed E-state index contributed by atoms with van der Waals surface area (Å²) in [5.41, 5.74) is 3.77. The number of carbonyl (C=O) groups is 1. The Morgan fingerprint density at radius 1 is 0.833 bits per heavy atom. The summed E-state index contributed by atoms with van der Waals surface area (Å²) < 4.78 is 0.933. The number of para-hydroxylation sites is 2. The molecule has 24 heavy (non-hydrogen) atoms. The van der Waals surface area contributed by atoms with E-state index in [9.17, 15) is 4.79 Å². The van der Waals surface area contributed by atoms with Crippen molar-refractivity contribution >= 4 is 44.6 Å². The number of nitrogens with zero attached hydrogens (tertiary/aromatic N) is 2. The van der Waals surface area contributed by atoms with Gasteiger partial charge in [-0.3, -0.25) is 9.69 Å². The fraction of sp³-hybridized carbons (Fsp3) is 0. The van der Waals surface area contributed by atoms with Gasteiger partial charge in [-0.2, -0.15) is 0 Å². The predicted octanol–water partition coefficient (Wildman–Crippen LogP) is 5.25. The molecule has 0 atom stereocenters. The van der Waals surface area contributed by atoms with E-state index in [1.807, 2.05) is 78.9 Å². The zero-order chi connectivity index (χ0) is 16.5. The molecule has 0 saturated heterocycles. The average molecular weight is 377 g/mol. The number of rotatable bonds is 2. The Morgan fingerprint density at radius 3 is 2.38 bits per heavy atom. The van der Waals surface area contributed by atoms with Gasteiger partial charge in [0.15, 0.2) is 0 Å². The smallest absolute Gasteiger partial charge is 0.275 e. The molecule has 3 nitrogen and oxygen atoms in total. The van der Waals surface area contributed by atoms with Crippen LogP contribution in [0.1, 0.15) is 5.56 Å². The third-order valence-corrected chi connectivity index (χ3v) is 4.36. The number of hydrogen-bond acceptors (Lipinski definition) is 2. The molecule has 0 aliphatic carbocycles. The average Bonchev–Trinajstić information content (AvgIpc) is 2.88. The van der Waals surface area contributed by atoms with Crippen LogP contribution in [0, 0.1) is 0 Å². The lowest BCUT2D eigenvalue weighted by Gasteiger charge is -2.16. The maximum absolute atomic E-state index is 13.0. The van der Waals surface area contributed by atoms with Crippen LogP contribution in [-0.4, -0.2) is 11.6 Å². The fourth-order valence-electron chi connectivity index (χ4n) is 2.82. The van der Waals surface area contributed by atoms with Crippen molar-refractivity contribution in [3.05, 3.63) is 88.9 Å². The van der Waals surface area contributed by atoms with Crippen LogP contribution in [0.5, 0.6) is 0 Å². The summed E-state index contributed by atoms with van der Waals surface area (Å²) in [7, 11) is 0. The summed E-state index contributed by atoms with van der Waals surface area (Å²) in [6.45, 7) is 0. The molecule has 0 radical (unpaired) electrons. The quantitative estimate of drug-likeness (QED) is 0.601. The zero-order valence-corrected chi connectivity index (χ0v) is 14.3. The van der Waals surface area contributed by atoms with E-state index in [1.165, 1.54) is 0 Å². The van der Waals surface area contributed by atoms with Gasteiger partial charge in [0, 0.05) is 15.7 Å². The summed E-state index contributed by atoms with van der Waals surface area (Å²) >= 11 is 3.44. The molecular formula is C20H13BrN2O. The molecule has 0 saturated carbocycles. The first-order chi connectivity index (χ1) is 11.7. The van der Waals surface area contributed by atoms with Crippen molar-refractivity contribution in [1.29, 1.82) is 0 Å². The summed E-state index contributed by atoms with van der Waals surface area (Å²) in [5, 5.41) is 0. The van der Waals surface area contributed by atoms with E-state index >= 15 is 0 Å². The third-order valence-electron chi connectivity index (χ3n) is 3.87. The minimum atomic E-state index is -0.109. The van der Waals surface area contributed by atoms with Crippen LogP contribution in [0.3, 0.4) is 0 Å². The van der Waals surface area contributed by atoms with Gasteiger partial charge in [-0.1, -0.05) is 58.4 Å². The minimum absolute atomic E-state index is 0.109. The molecule has 1 amide bonds. The van der Waals surface area contributed by atoms with E-state index in [-0.39, 0.29) is 5.91 Å². The van der Waals surface area contributed by atoms with Crippen molar-refractivity contribution in [3.8, 4) is 0 Å². The highest BCUT2D eigenvalue weighted by molar-refractivity contribution is 9.10. The van der Waals surface area contributed by atoms with Crippen molar-refractivity contribution < 1.29 is 4.79 Å². The minimum Gasteiger partial charge on any atom is -0.275 e. The first-order valence-corrected chi connectivity index (χ1v) is 8.36. The lowest BCUT2D eigenvalue weighted by atomic mass is 10.1. The van der Waals surface area contributed by atoms with Gasteiger partial charge in [-0.25, -0.2) is 4.99 Å². The Hall–Kier alpha value is -2.72. The monoisotopic (exact) mass is 376 g/mol. The number of halogens is 1. The second kappa shape index (κ2) is 6.06. The second-order valence-electron chi connectivity index (χ2n) is 5.43. The summed E-state index contributed by atoms with van der Waals surface area (Å²) in [5.74, 6) is -0.109. The molecule has 0 N–H and O–H groups in total. The summed E-state index contributed by atoms with van der Waals surface area (Å²) in [6, 6.07) is 25.0. The number of aliphatic imine (C=N–C) groups is 1. The highest BCUT2D eigenvalue weighted by atomic mass is 79.9. The Balaban J connectivity index is 1.87. The van der Waals surface area contributed by atoms with Gasteiger partial charge in [0.1, 0.15) is 5.71 Å². The highest BCUT2D eigenvalue weighted by Gasteiger charge is 2.34. The van der Waals surface area contributed by atoms with Crippen LogP contribution < -0.4 is 4.90 Å². The SMILES string of the molecule is O=C1/C(=N\c2cccc(Br)c2)c2ccccc2N1c1ccccc1. The van der Waals surface area contributed by atoms with Crippen LogP contribution in [-0.2, 0) is 4.79 Å². The zero-order valence-electron chi connectivity index (χ0n) is 12.7. The number of hydrogen-bond donors (Lipinski definition) is 0. The standard InChI is InChI=1S/C20H13BrN2O/c21-14-7-6-8-15(13-14)22-19-17-11-4-5-12-18(17)23(20(19)24)16-9-2-1-3-10-16/h1-13H/b22-19-. The molecule has 3 aromatic carbocycles. The topological polar surface area (TPSA) is 32.7 Å². The van der Waals surface area contributed by atoms with Crippen molar-refractivity contribution in [2.45, 2.75) is 0 Å². The maximum Gasteiger partial charge on any atom is 0.282 e. The van der Waals surface area contributed by atoms with E-state index in [4.69, 9.17) is 0 Å². The summed E-state index contributed by atoms with van der Waals surface area (Å²) in [4.78, 5) is 19.4. The Bertz CT molecular complexity index is 951. The van der Waals surface area contributed by atoms with Crippen LogP contribution in [0.2, 0.25) is 0 Å². The van der Waals surface area contributed by atoms with Gasteiger partial charge >= 0.3 is 0 Å². The van der Waals surface area contributed by atoms with Crippen LogP contribution in [0.25, 0.3) is 0 Å². The van der Waals surface area contributed by atoms with Crippen LogP contribution >= 0.6 is 15.9 Å². The molecule has 1 aliphatic heterocycles.